The Morgan fingerprint density at radius 2 is 1.84 bits per heavy atom. The molecular weight excluding hydrogens is 236 g/mol. The molecule has 3 nitrogen and oxygen atoms in total. The van der Waals surface area contributed by atoms with Crippen molar-refractivity contribution in [2.24, 2.45) is 11.7 Å². The minimum absolute atomic E-state index is 0.574. The predicted molar refractivity (Wildman–Crippen MR) is 82.4 cm³/mol. The van der Waals surface area contributed by atoms with Crippen LogP contribution >= 0.6 is 0 Å². The van der Waals surface area contributed by atoms with E-state index in [1.807, 2.05) is 0 Å². The number of unbranched alkanes of at least 4 members (excludes halogenated alkanes) is 4. The fourth-order valence-corrected chi connectivity index (χ4v) is 2.99. The maximum Gasteiger partial charge on any atom is 0.0469 e. The molecule has 0 bridgehead atoms. The summed E-state index contributed by atoms with van der Waals surface area (Å²) in [6.45, 7) is 6.16. The molecule has 1 heterocycles. The second-order valence-corrected chi connectivity index (χ2v) is 6.09. The van der Waals surface area contributed by atoms with E-state index in [4.69, 9.17) is 10.5 Å². The lowest BCUT2D eigenvalue weighted by Gasteiger charge is -2.32. The van der Waals surface area contributed by atoms with Crippen LogP contribution in [0.4, 0.5) is 0 Å². The normalized spacial score (nSPS) is 18.9. The Morgan fingerprint density at radius 1 is 1.16 bits per heavy atom. The first kappa shape index (κ1) is 16.9. The van der Waals surface area contributed by atoms with Crippen LogP contribution in [0, 0.1) is 5.92 Å². The van der Waals surface area contributed by atoms with Gasteiger partial charge in [0.1, 0.15) is 0 Å². The highest BCUT2D eigenvalue weighted by Gasteiger charge is 2.19. The molecule has 0 amide bonds. The zero-order chi connectivity index (χ0) is 13.9. The van der Waals surface area contributed by atoms with E-state index in [2.05, 4.69) is 18.9 Å². The molecular formula is C16H34N2O. The number of ether oxygens (including phenoxy) is 1. The molecule has 2 N–H and O–H groups in total. The fraction of sp³-hybridized carbons (Fsp3) is 1.00. The largest absolute Gasteiger partial charge is 0.381 e. The third kappa shape index (κ3) is 7.28. The molecule has 0 aromatic heterocycles. The highest BCUT2D eigenvalue weighted by molar-refractivity contribution is 4.74. The summed E-state index contributed by atoms with van der Waals surface area (Å²) >= 11 is 0. The van der Waals surface area contributed by atoms with Crippen molar-refractivity contribution >= 4 is 0 Å². The van der Waals surface area contributed by atoms with E-state index in [1.54, 1.807) is 0 Å². The third-order valence-corrected chi connectivity index (χ3v) is 4.42. The topological polar surface area (TPSA) is 38.5 Å². The van der Waals surface area contributed by atoms with Crippen LogP contribution in [0.15, 0.2) is 0 Å². The van der Waals surface area contributed by atoms with Crippen LogP contribution in [0.25, 0.3) is 0 Å². The minimum atomic E-state index is 0.574. The van der Waals surface area contributed by atoms with Gasteiger partial charge in [-0.25, -0.2) is 0 Å². The Labute approximate surface area is 119 Å². The van der Waals surface area contributed by atoms with E-state index in [0.717, 1.165) is 25.7 Å². The van der Waals surface area contributed by atoms with E-state index < -0.39 is 0 Å². The van der Waals surface area contributed by atoms with Crippen LogP contribution in [-0.4, -0.2) is 44.3 Å². The maximum atomic E-state index is 5.95. The lowest BCUT2D eigenvalue weighted by Crippen LogP contribution is -2.41. The fourth-order valence-electron chi connectivity index (χ4n) is 2.99. The van der Waals surface area contributed by atoms with Gasteiger partial charge >= 0.3 is 0 Å². The van der Waals surface area contributed by atoms with Gasteiger partial charge in [-0.15, -0.1) is 0 Å². The van der Waals surface area contributed by atoms with Crippen molar-refractivity contribution in [2.45, 2.75) is 64.3 Å². The second-order valence-electron chi connectivity index (χ2n) is 6.09. The molecule has 0 aliphatic carbocycles. The molecule has 1 aliphatic rings. The van der Waals surface area contributed by atoms with Crippen LogP contribution in [0.5, 0.6) is 0 Å². The molecule has 0 radical (unpaired) electrons. The summed E-state index contributed by atoms with van der Waals surface area (Å²) < 4.78 is 5.43. The molecule has 1 saturated heterocycles. The van der Waals surface area contributed by atoms with Crippen LogP contribution in [0.2, 0.25) is 0 Å². The van der Waals surface area contributed by atoms with Gasteiger partial charge in [0, 0.05) is 32.3 Å². The molecule has 1 atom stereocenters. The van der Waals surface area contributed by atoms with Crippen molar-refractivity contribution in [3.05, 3.63) is 0 Å². The number of likely N-dealkylation sites (N-methyl/N-ethyl adjacent to an activating group) is 1. The average Bonchev–Trinajstić information content (AvgIpc) is 2.44. The van der Waals surface area contributed by atoms with Gasteiger partial charge in [-0.2, -0.15) is 0 Å². The Bertz CT molecular complexity index is 205. The van der Waals surface area contributed by atoms with Gasteiger partial charge in [0.05, 0.1) is 0 Å². The molecule has 19 heavy (non-hydrogen) atoms. The van der Waals surface area contributed by atoms with Crippen LogP contribution in [0.3, 0.4) is 0 Å². The summed E-state index contributed by atoms with van der Waals surface area (Å²) in [6, 6.07) is 0.574. The smallest absolute Gasteiger partial charge is 0.0469 e. The molecule has 0 spiro atoms. The molecule has 3 heteroatoms. The quantitative estimate of drug-likeness (QED) is 0.620. The van der Waals surface area contributed by atoms with Gasteiger partial charge in [-0.3, -0.25) is 0 Å². The van der Waals surface area contributed by atoms with Gasteiger partial charge in [0.2, 0.25) is 0 Å². The first-order valence-electron chi connectivity index (χ1n) is 8.26. The standard InChI is InChI=1S/C16H34N2O/c1-3-4-5-6-7-8-16(13-17)18(2)14-15-9-11-19-12-10-15/h15-16H,3-14,17H2,1-2H3. The van der Waals surface area contributed by atoms with Gasteiger partial charge in [0.15, 0.2) is 0 Å². The Morgan fingerprint density at radius 3 is 2.47 bits per heavy atom. The molecule has 0 saturated carbocycles. The zero-order valence-electron chi connectivity index (χ0n) is 13.1. The first-order chi connectivity index (χ1) is 9.27. The van der Waals surface area contributed by atoms with Crippen LogP contribution < -0.4 is 5.73 Å². The molecule has 0 aromatic rings. The number of hydrogen-bond acceptors (Lipinski definition) is 3. The van der Waals surface area contributed by atoms with Crippen molar-refractivity contribution in [1.82, 2.24) is 4.90 Å². The summed E-state index contributed by atoms with van der Waals surface area (Å²) in [6.07, 6.45) is 10.5. The van der Waals surface area contributed by atoms with Crippen LogP contribution in [-0.2, 0) is 4.74 Å². The van der Waals surface area contributed by atoms with Crippen LogP contribution in [0.1, 0.15) is 58.3 Å². The van der Waals surface area contributed by atoms with Gasteiger partial charge in [-0.05, 0) is 32.2 Å². The Balaban J connectivity index is 2.16. The van der Waals surface area contributed by atoms with Gasteiger partial charge in [-0.1, -0.05) is 39.0 Å². The number of nitrogens with zero attached hydrogens (tertiary/aromatic N) is 1. The average molecular weight is 270 g/mol. The van der Waals surface area contributed by atoms with E-state index in [-0.39, 0.29) is 0 Å². The summed E-state index contributed by atoms with van der Waals surface area (Å²) in [5.41, 5.74) is 5.95. The van der Waals surface area contributed by atoms with Crippen molar-refractivity contribution in [3.63, 3.8) is 0 Å². The number of rotatable bonds is 10. The SMILES string of the molecule is CCCCCCCC(CN)N(C)CC1CCOCC1. The summed E-state index contributed by atoms with van der Waals surface area (Å²) in [5.74, 6) is 0.813. The monoisotopic (exact) mass is 270 g/mol. The summed E-state index contributed by atoms with van der Waals surface area (Å²) in [7, 11) is 2.25. The molecule has 1 unspecified atom stereocenters. The highest BCUT2D eigenvalue weighted by Crippen LogP contribution is 2.18. The third-order valence-electron chi connectivity index (χ3n) is 4.42. The minimum Gasteiger partial charge on any atom is -0.381 e. The molecule has 1 aliphatic heterocycles. The molecule has 114 valence electrons. The lowest BCUT2D eigenvalue weighted by atomic mass is 9.98. The van der Waals surface area contributed by atoms with Gasteiger partial charge < -0.3 is 15.4 Å². The van der Waals surface area contributed by atoms with Crippen molar-refractivity contribution in [2.75, 3.05) is 33.4 Å². The second kappa shape index (κ2) is 10.6. The van der Waals surface area contributed by atoms with E-state index in [0.29, 0.717) is 6.04 Å². The van der Waals surface area contributed by atoms with Gasteiger partial charge in [0.25, 0.3) is 0 Å². The maximum absolute atomic E-state index is 5.95. The Hall–Kier alpha value is -0.120. The number of hydrogen-bond donors (Lipinski definition) is 1. The molecule has 1 rings (SSSR count). The highest BCUT2D eigenvalue weighted by atomic mass is 16.5. The summed E-state index contributed by atoms with van der Waals surface area (Å²) in [5, 5.41) is 0. The van der Waals surface area contributed by atoms with Crippen molar-refractivity contribution in [3.8, 4) is 0 Å². The van der Waals surface area contributed by atoms with Crippen molar-refractivity contribution < 1.29 is 4.74 Å². The first-order valence-corrected chi connectivity index (χ1v) is 8.26. The zero-order valence-corrected chi connectivity index (χ0v) is 13.1. The number of nitrogens with two attached hydrogens (primary N) is 1. The van der Waals surface area contributed by atoms with E-state index >= 15 is 0 Å². The van der Waals surface area contributed by atoms with E-state index in [9.17, 15) is 0 Å². The molecule has 0 aromatic carbocycles. The lowest BCUT2D eigenvalue weighted by molar-refractivity contribution is 0.0500. The van der Waals surface area contributed by atoms with E-state index in [1.165, 1.54) is 57.9 Å². The predicted octanol–water partition coefficient (Wildman–Crippen LogP) is 3.03. The molecule has 1 fully saturated rings. The Kier molecular flexibility index (Phi) is 9.48. The summed E-state index contributed by atoms with van der Waals surface area (Å²) in [4.78, 5) is 2.50. The van der Waals surface area contributed by atoms with Crippen molar-refractivity contribution in [1.29, 1.82) is 0 Å².